The predicted molar refractivity (Wildman–Crippen MR) is 74.4 cm³/mol. The van der Waals surface area contributed by atoms with Crippen molar-refractivity contribution in [1.29, 1.82) is 0 Å². The number of aromatic nitrogens is 3. The fourth-order valence-corrected chi connectivity index (χ4v) is 1.81. The molecule has 0 radical (unpaired) electrons. The average Bonchev–Trinajstić information content (AvgIpc) is 2.86. The first kappa shape index (κ1) is 14.1. The molecule has 0 unspecified atom stereocenters. The van der Waals surface area contributed by atoms with Crippen molar-refractivity contribution in [3.05, 3.63) is 45.1 Å². The molecule has 0 aliphatic carbocycles. The second-order valence-electron chi connectivity index (χ2n) is 3.81. The van der Waals surface area contributed by atoms with Crippen LogP contribution in [0.2, 0.25) is 0 Å². The summed E-state index contributed by atoms with van der Waals surface area (Å²) >= 11 is 3.13. The van der Waals surface area contributed by atoms with Gasteiger partial charge in [-0.3, -0.25) is 14.9 Å². The summed E-state index contributed by atoms with van der Waals surface area (Å²) in [7, 11) is 0. The zero-order chi connectivity index (χ0) is 14.7. The Hall–Kier alpha value is -2.29. The number of carbonyl (C=O) groups is 1. The second kappa shape index (κ2) is 5.78. The first-order chi connectivity index (χ1) is 9.51. The summed E-state index contributed by atoms with van der Waals surface area (Å²) in [6, 6.07) is 1.23. The van der Waals surface area contributed by atoms with E-state index in [2.05, 4.69) is 31.2 Å². The van der Waals surface area contributed by atoms with E-state index in [4.69, 9.17) is 0 Å². The number of rotatable bonds is 4. The van der Waals surface area contributed by atoms with Crippen LogP contribution in [-0.4, -0.2) is 25.4 Å². The van der Waals surface area contributed by atoms with E-state index in [1.165, 1.54) is 29.2 Å². The highest BCUT2D eigenvalue weighted by Gasteiger charge is 2.19. The molecule has 2 heterocycles. The maximum Gasteiger partial charge on any atom is 0.287 e. The Bertz CT molecular complexity index is 653. The first-order valence-corrected chi connectivity index (χ1v) is 6.44. The molecule has 0 bridgehead atoms. The Labute approximate surface area is 122 Å². The molecule has 2 aromatic rings. The zero-order valence-corrected chi connectivity index (χ0v) is 12.0. The lowest BCUT2D eigenvalue weighted by Crippen LogP contribution is -2.17. The predicted octanol–water partition coefficient (Wildman–Crippen LogP) is 2.22. The summed E-state index contributed by atoms with van der Waals surface area (Å²) in [4.78, 5) is 30.2. The van der Waals surface area contributed by atoms with E-state index in [-0.39, 0.29) is 17.2 Å². The lowest BCUT2D eigenvalue weighted by atomic mass is 10.3. The molecule has 0 spiro atoms. The number of hydrogen-bond acceptors (Lipinski definition) is 5. The third-order valence-corrected chi connectivity index (χ3v) is 2.94. The monoisotopic (exact) mass is 339 g/mol. The minimum absolute atomic E-state index is 0.126. The Kier molecular flexibility index (Phi) is 4.08. The fraction of sp³-hybridized carbons (Fsp3) is 0.182. The maximum absolute atomic E-state index is 12.1. The number of hydrogen-bond donors (Lipinski definition) is 1. The molecular weight excluding hydrogens is 330 g/mol. The number of aryl methyl sites for hydroxylation is 1. The van der Waals surface area contributed by atoms with Crippen molar-refractivity contribution in [3.63, 3.8) is 0 Å². The summed E-state index contributed by atoms with van der Waals surface area (Å²) in [5, 5.41) is 13.3. The van der Waals surface area contributed by atoms with Crippen LogP contribution < -0.4 is 5.32 Å². The SMILES string of the molecule is CCn1cc([N+](=O)[O-])cc1C(=O)Nc1cnc(Br)cn1. The van der Waals surface area contributed by atoms with Gasteiger partial charge in [-0.15, -0.1) is 0 Å². The molecule has 2 aromatic heterocycles. The Morgan fingerprint density at radius 1 is 1.50 bits per heavy atom. The minimum Gasteiger partial charge on any atom is -0.337 e. The molecule has 0 aliphatic rings. The van der Waals surface area contributed by atoms with Gasteiger partial charge in [-0.25, -0.2) is 9.97 Å². The molecule has 1 amide bonds. The number of nitro groups is 1. The molecular formula is C11H10BrN5O3. The van der Waals surface area contributed by atoms with Crippen molar-refractivity contribution in [1.82, 2.24) is 14.5 Å². The van der Waals surface area contributed by atoms with Crippen LogP contribution in [-0.2, 0) is 6.54 Å². The molecule has 0 aromatic carbocycles. The summed E-state index contributed by atoms with van der Waals surface area (Å²) in [5.41, 5.74) is 0.0720. The van der Waals surface area contributed by atoms with Crippen molar-refractivity contribution in [2.24, 2.45) is 0 Å². The highest BCUT2D eigenvalue weighted by Crippen LogP contribution is 2.17. The minimum atomic E-state index is -0.539. The molecule has 2 rings (SSSR count). The van der Waals surface area contributed by atoms with Crippen molar-refractivity contribution >= 4 is 33.3 Å². The Morgan fingerprint density at radius 3 is 2.80 bits per heavy atom. The van der Waals surface area contributed by atoms with Gasteiger partial charge in [0.2, 0.25) is 0 Å². The average molecular weight is 340 g/mol. The quantitative estimate of drug-likeness (QED) is 0.679. The maximum atomic E-state index is 12.1. The molecule has 0 atom stereocenters. The topological polar surface area (TPSA) is 103 Å². The lowest BCUT2D eigenvalue weighted by Gasteiger charge is -2.06. The van der Waals surface area contributed by atoms with Gasteiger partial charge in [-0.1, -0.05) is 0 Å². The van der Waals surface area contributed by atoms with Crippen LogP contribution in [0.3, 0.4) is 0 Å². The highest BCUT2D eigenvalue weighted by atomic mass is 79.9. The van der Waals surface area contributed by atoms with Gasteiger partial charge >= 0.3 is 0 Å². The van der Waals surface area contributed by atoms with Gasteiger partial charge < -0.3 is 9.88 Å². The smallest absolute Gasteiger partial charge is 0.287 e. The summed E-state index contributed by atoms with van der Waals surface area (Å²) in [6.45, 7) is 2.24. The van der Waals surface area contributed by atoms with Gasteiger partial charge in [0.25, 0.3) is 11.6 Å². The molecule has 1 N–H and O–H groups in total. The van der Waals surface area contributed by atoms with Gasteiger partial charge in [0.05, 0.1) is 23.5 Å². The molecule has 104 valence electrons. The van der Waals surface area contributed by atoms with Crippen molar-refractivity contribution in [3.8, 4) is 0 Å². The molecule has 0 aliphatic heterocycles. The van der Waals surface area contributed by atoms with Gasteiger partial charge in [-0.2, -0.15) is 0 Å². The third kappa shape index (κ3) is 2.99. The Balaban J connectivity index is 2.24. The van der Waals surface area contributed by atoms with Crippen molar-refractivity contribution in [2.45, 2.75) is 13.5 Å². The number of amides is 1. The van der Waals surface area contributed by atoms with E-state index < -0.39 is 10.8 Å². The normalized spacial score (nSPS) is 10.3. The van der Waals surface area contributed by atoms with E-state index >= 15 is 0 Å². The van der Waals surface area contributed by atoms with Crippen molar-refractivity contribution < 1.29 is 9.72 Å². The van der Waals surface area contributed by atoms with Gasteiger partial charge in [0, 0.05) is 12.6 Å². The fourth-order valence-electron chi connectivity index (χ4n) is 1.60. The molecule has 0 saturated carbocycles. The van der Waals surface area contributed by atoms with E-state index in [0.717, 1.165) is 0 Å². The van der Waals surface area contributed by atoms with E-state index in [9.17, 15) is 14.9 Å². The number of nitrogens with zero attached hydrogens (tertiary/aromatic N) is 4. The largest absolute Gasteiger partial charge is 0.337 e. The molecule has 9 heteroatoms. The van der Waals surface area contributed by atoms with Crippen LogP contribution in [0.25, 0.3) is 0 Å². The van der Waals surface area contributed by atoms with Gasteiger partial charge in [-0.05, 0) is 22.9 Å². The highest BCUT2D eigenvalue weighted by molar-refractivity contribution is 9.10. The third-order valence-electron chi connectivity index (χ3n) is 2.53. The molecule has 0 saturated heterocycles. The van der Waals surface area contributed by atoms with Crippen LogP contribution in [0.1, 0.15) is 17.4 Å². The first-order valence-electron chi connectivity index (χ1n) is 5.64. The van der Waals surface area contributed by atoms with Gasteiger partial charge in [0.15, 0.2) is 5.82 Å². The lowest BCUT2D eigenvalue weighted by molar-refractivity contribution is -0.384. The van der Waals surface area contributed by atoms with Crippen molar-refractivity contribution in [2.75, 3.05) is 5.32 Å². The van der Waals surface area contributed by atoms with E-state index in [1.807, 2.05) is 0 Å². The second-order valence-corrected chi connectivity index (χ2v) is 4.62. The summed E-state index contributed by atoms with van der Waals surface area (Å²) < 4.78 is 2.04. The Morgan fingerprint density at radius 2 is 2.25 bits per heavy atom. The number of anilines is 1. The summed E-state index contributed by atoms with van der Waals surface area (Å²) in [6.07, 6.45) is 4.15. The van der Waals surface area contributed by atoms with Crippen LogP contribution >= 0.6 is 15.9 Å². The van der Waals surface area contributed by atoms with Gasteiger partial charge in [0.1, 0.15) is 10.3 Å². The van der Waals surface area contributed by atoms with Crippen LogP contribution in [0.15, 0.2) is 29.3 Å². The van der Waals surface area contributed by atoms with E-state index in [0.29, 0.717) is 11.1 Å². The molecule has 0 fully saturated rings. The summed E-state index contributed by atoms with van der Waals surface area (Å²) in [5.74, 6) is -0.207. The zero-order valence-electron chi connectivity index (χ0n) is 10.4. The molecule has 20 heavy (non-hydrogen) atoms. The number of halogens is 1. The van der Waals surface area contributed by atoms with Crippen LogP contribution in [0, 0.1) is 10.1 Å². The van der Waals surface area contributed by atoms with E-state index in [1.54, 1.807) is 6.92 Å². The standard InChI is InChI=1S/C11H10BrN5O3/c1-2-16-6-7(17(19)20)3-8(16)11(18)15-10-5-13-9(12)4-14-10/h3-6H,2H2,1H3,(H,14,15,18). The number of nitrogens with one attached hydrogen (secondary N) is 1. The number of carbonyl (C=O) groups excluding carboxylic acids is 1. The molecule has 8 nitrogen and oxygen atoms in total. The van der Waals surface area contributed by atoms with Crippen LogP contribution in [0.4, 0.5) is 11.5 Å². The van der Waals surface area contributed by atoms with Crippen LogP contribution in [0.5, 0.6) is 0 Å².